The number of aliphatic hydroxyl groups is 2. The van der Waals surface area contributed by atoms with Crippen molar-refractivity contribution in [3.63, 3.8) is 0 Å². The summed E-state index contributed by atoms with van der Waals surface area (Å²) in [6.45, 7) is 0. The van der Waals surface area contributed by atoms with Crippen LogP contribution in [0.2, 0.25) is 0 Å². The van der Waals surface area contributed by atoms with Crippen molar-refractivity contribution in [3.05, 3.63) is 58.1 Å². The van der Waals surface area contributed by atoms with E-state index in [1.165, 1.54) is 0 Å². The molecule has 2 aromatic rings. The summed E-state index contributed by atoms with van der Waals surface area (Å²) in [4.78, 5) is 49.7. The lowest BCUT2D eigenvalue weighted by Crippen LogP contribution is -2.21. The number of aliphatic hydroxyl groups excluding tert-OH is 2. The molecule has 2 aliphatic carbocycles. The summed E-state index contributed by atoms with van der Waals surface area (Å²) in [5, 5.41) is 60.3. The predicted octanol–water partition coefficient (Wildman–Crippen LogP) is 1.82. The standard InChI is InChI=1S/C20H10O10/c21-5-1-9(25)17-15(7(23)3-11(27)19(17)29)13(5)14-6(22)2-10(26)18-16(14)8(24)4-12(28)20(18)30/h1-4,21-22,25-28H. The molecule has 0 amide bonds. The number of phenols is 4. The molecule has 0 spiro atoms. The Labute approximate surface area is 165 Å². The monoisotopic (exact) mass is 410 g/mol. The Morgan fingerprint density at radius 2 is 0.733 bits per heavy atom. The highest BCUT2D eigenvalue weighted by Crippen LogP contribution is 2.49. The Bertz CT molecular complexity index is 1210. The Balaban J connectivity index is 2.20. The summed E-state index contributed by atoms with van der Waals surface area (Å²) in [7, 11) is 0. The zero-order valence-corrected chi connectivity index (χ0v) is 14.6. The minimum absolute atomic E-state index is 0.523. The number of hydrogen-bond acceptors (Lipinski definition) is 10. The highest BCUT2D eigenvalue weighted by molar-refractivity contribution is 6.30. The van der Waals surface area contributed by atoms with Crippen molar-refractivity contribution in [2.45, 2.75) is 0 Å². The molecular formula is C20H10O10. The lowest BCUT2D eigenvalue weighted by Gasteiger charge is -2.23. The first-order chi connectivity index (χ1) is 14.0. The van der Waals surface area contributed by atoms with Gasteiger partial charge < -0.3 is 30.6 Å². The van der Waals surface area contributed by atoms with E-state index >= 15 is 0 Å². The molecule has 30 heavy (non-hydrogen) atoms. The number of carbonyl (C=O) groups is 4. The second kappa shape index (κ2) is 5.95. The van der Waals surface area contributed by atoms with E-state index in [1.807, 2.05) is 0 Å². The van der Waals surface area contributed by atoms with Gasteiger partial charge in [0.25, 0.3) is 0 Å². The SMILES string of the molecule is O=C1C(O)=CC(=O)c2c1c(O)cc(O)c2-c1c(O)cc(O)c2c1C(=O)C=C(O)C2=O. The number of hydrogen-bond donors (Lipinski definition) is 6. The van der Waals surface area contributed by atoms with Crippen molar-refractivity contribution >= 4 is 23.1 Å². The van der Waals surface area contributed by atoms with Crippen LogP contribution in [0, 0.1) is 0 Å². The molecule has 0 heterocycles. The molecular weight excluding hydrogens is 400 g/mol. The third-order valence-corrected chi connectivity index (χ3v) is 4.77. The first kappa shape index (κ1) is 18.7. The molecule has 10 nitrogen and oxygen atoms in total. The maximum absolute atomic E-state index is 12.5. The van der Waals surface area contributed by atoms with Crippen LogP contribution in [0.3, 0.4) is 0 Å². The van der Waals surface area contributed by atoms with Crippen LogP contribution in [0.15, 0.2) is 35.8 Å². The summed E-state index contributed by atoms with van der Waals surface area (Å²) < 4.78 is 0. The number of fused-ring (bicyclic) bond motifs is 2. The van der Waals surface area contributed by atoms with Crippen molar-refractivity contribution in [1.29, 1.82) is 0 Å². The number of Topliss-reactive ketones (excluding diaryl/α,β-unsaturated/α-hetero) is 2. The van der Waals surface area contributed by atoms with Crippen molar-refractivity contribution in [2.75, 3.05) is 0 Å². The van der Waals surface area contributed by atoms with Crippen LogP contribution in [0.1, 0.15) is 41.4 Å². The fourth-order valence-corrected chi connectivity index (χ4v) is 3.55. The Hall–Kier alpha value is -4.60. The van der Waals surface area contributed by atoms with Gasteiger partial charge in [0.1, 0.15) is 23.0 Å². The van der Waals surface area contributed by atoms with Gasteiger partial charge in [-0.3, -0.25) is 19.2 Å². The average molecular weight is 410 g/mol. The summed E-state index contributed by atoms with van der Waals surface area (Å²) in [6.07, 6.45) is 1.05. The van der Waals surface area contributed by atoms with Crippen molar-refractivity contribution < 1.29 is 49.8 Å². The number of rotatable bonds is 1. The van der Waals surface area contributed by atoms with E-state index in [1.54, 1.807) is 0 Å². The van der Waals surface area contributed by atoms with Gasteiger partial charge in [-0.15, -0.1) is 0 Å². The molecule has 4 rings (SSSR count). The van der Waals surface area contributed by atoms with Gasteiger partial charge >= 0.3 is 0 Å². The van der Waals surface area contributed by atoms with Crippen LogP contribution in [-0.2, 0) is 0 Å². The minimum atomic E-state index is -1.16. The van der Waals surface area contributed by atoms with Gasteiger partial charge in [-0.2, -0.15) is 0 Å². The number of phenolic OH excluding ortho intramolecular Hbond substituents is 4. The maximum Gasteiger partial charge on any atom is 0.231 e. The normalized spacial score (nSPS) is 15.5. The predicted molar refractivity (Wildman–Crippen MR) is 97.3 cm³/mol. The molecule has 0 saturated carbocycles. The molecule has 0 radical (unpaired) electrons. The van der Waals surface area contributed by atoms with Gasteiger partial charge in [0.2, 0.25) is 11.6 Å². The summed E-state index contributed by atoms with van der Waals surface area (Å²) in [5.41, 5.74) is -3.84. The fraction of sp³-hybridized carbons (Fsp3) is 0. The van der Waals surface area contributed by atoms with Crippen molar-refractivity contribution in [3.8, 4) is 34.1 Å². The molecule has 0 aliphatic heterocycles. The lowest BCUT2D eigenvalue weighted by atomic mass is 9.80. The summed E-state index contributed by atoms with van der Waals surface area (Å²) in [6, 6.07) is 1.30. The molecule has 6 N–H and O–H groups in total. The lowest BCUT2D eigenvalue weighted by molar-refractivity contribution is 0.0935. The zero-order valence-electron chi connectivity index (χ0n) is 14.6. The van der Waals surface area contributed by atoms with E-state index in [0.29, 0.717) is 24.3 Å². The van der Waals surface area contributed by atoms with Crippen LogP contribution in [0.25, 0.3) is 11.1 Å². The first-order valence-electron chi connectivity index (χ1n) is 8.22. The topological polar surface area (TPSA) is 190 Å². The highest BCUT2D eigenvalue weighted by Gasteiger charge is 2.38. The van der Waals surface area contributed by atoms with Gasteiger partial charge in [0, 0.05) is 46.5 Å². The molecule has 0 atom stereocenters. The third-order valence-electron chi connectivity index (χ3n) is 4.77. The van der Waals surface area contributed by atoms with E-state index in [9.17, 15) is 49.8 Å². The Kier molecular flexibility index (Phi) is 3.72. The molecule has 150 valence electrons. The molecule has 0 fully saturated rings. The second-order valence-electron chi connectivity index (χ2n) is 6.53. The van der Waals surface area contributed by atoms with Crippen LogP contribution in [-0.4, -0.2) is 53.8 Å². The zero-order chi connectivity index (χ0) is 22.1. The first-order valence-corrected chi connectivity index (χ1v) is 8.22. The van der Waals surface area contributed by atoms with E-state index < -0.39 is 91.0 Å². The van der Waals surface area contributed by atoms with Crippen LogP contribution in [0.5, 0.6) is 23.0 Å². The Morgan fingerprint density at radius 1 is 0.433 bits per heavy atom. The van der Waals surface area contributed by atoms with E-state index in [0.717, 1.165) is 0 Å². The summed E-state index contributed by atoms with van der Waals surface area (Å²) >= 11 is 0. The van der Waals surface area contributed by atoms with E-state index in [-0.39, 0.29) is 0 Å². The number of aromatic hydroxyl groups is 4. The Morgan fingerprint density at radius 3 is 1.07 bits per heavy atom. The van der Waals surface area contributed by atoms with Gasteiger partial charge in [-0.1, -0.05) is 0 Å². The summed E-state index contributed by atoms with van der Waals surface area (Å²) in [5.74, 6) is -9.74. The second-order valence-corrected chi connectivity index (χ2v) is 6.53. The fourth-order valence-electron chi connectivity index (χ4n) is 3.55. The van der Waals surface area contributed by atoms with Gasteiger partial charge in [-0.05, 0) is 0 Å². The van der Waals surface area contributed by atoms with E-state index in [4.69, 9.17) is 0 Å². The van der Waals surface area contributed by atoms with Crippen LogP contribution in [0.4, 0.5) is 0 Å². The smallest absolute Gasteiger partial charge is 0.231 e. The molecule has 10 heteroatoms. The molecule has 0 saturated heterocycles. The average Bonchev–Trinajstić information content (AvgIpc) is 2.64. The minimum Gasteiger partial charge on any atom is -0.507 e. The van der Waals surface area contributed by atoms with Crippen molar-refractivity contribution in [1.82, 2.24) is 0 Å². The molecule has 2 aliphatic rings. The number of allylic oxidation sites excluding steroid dienone is 4. The molecule has 0 bridgehead atoms. The maximum atomic E-state index is 12.5. The number of ketones is 4. The largest absolute Gasteiger partial charge is 0.507 e. The number of carbonyl (C=O) groups excluding carboxylic acids is 4. The quantitative estimate of drug-likeness (QED) is 0.404. The van der Waals surface area contributed by atoms with Crippen LogP contribution < -0.4 is 0 Å². The van der Waals surface area contributed by atoms with E-state index in [2.05, 4.69) is 0 Å². The molecule has 2 aromatic carbocycles. The third kappa shape index (κ3) is 2.30. The molecule has 0 unspecified atom stereocenters. The highest BCUT2D eigenvalue weighted by atomic mass is 16.3. The van der Waals surface area contributed by atoms with Crippen LogP contribution >= 0.6 is 0 Å². The van der Waals surface area contributed by atoms with Gasteiger partial charge in [0.15, 0.2) is 23.1 Å². The van der Waals surface area contributed by atoms with Gasteiger partial charge in [-0.25, -0.2) is 0 Å². The molecule has 0 aromatic heterocycles. The van der Waals surface area contributed by atoms with Crippen molar-refractivity contribution in [2.24, 2.45) is 0 Å². The number of benzene rings is 2. The van der Waals surface area contributed by atoms with Gasteiger partial charge in [0.05, 0.1) is 11.1 Å².